The van der Waals surface area contributed by atoms with E-state index in [4.69, 9.17) is 0 Å². The van der Waals surface area contributed by atoms with Crippen LogP contribution in [0.5, 0.6) is 0 Å². The summed E-state index contributed by atoms with van der Waals surface area (Å²) in [6, 6.07) is 0.0180. The smallest absolute Gasteiger partial charge is 0.355 e. The molecule has 2 N–H and O–H groups in total. The Morgan fingerprint density at radius 1 is 1.19 bits per heavy atom. The van der Waals surface area contributed by atoms with Crippen molar-refractivity contribution in [1.29, 1.82) is 0 Å². The van der Waals surface area contributed by atoms with Crippen molar-refractivity contribution in [2.45, 2.75) is 49.9 Å². The second-order valence-electron chi connectivity index (χ2n) is 7.94. The first-order valence-corrected chi connectivity index (χ1v) is 11.1. The summed E-state index contributed by atoms with van der Waals surface area (Å²) in [6.07, 6.45) is 1.55. The van der Waals surface area contributed by atoms with Crippen LogP contribution in [0.15, 0.2) is 4.99 Å². The summed E-state index contributed by atoms with van der Waals surface area (Å²) in [7, 11) is 1.73. The van der Waals surface area contributed by atoms with E-state index < -0.39 is 12.7 Å². The molecule has 1 aliphatic carbocycles. The maximum absolute atomic E-state index is 12.6. The third-order valence-corrected chi connectivity index (χ3v) is 6.98. The lowest BCUT2D eigenvalue weighted by Gasteiger charge is -2.43. The molecule has 0 radical (unpaired) electrons. The van der Waals surface area contributed by atoms with Crippen LogP contribution in [-0.4, -0.2) is 91.3 Å². The largest absolute Gasteiger partial charge is 0.401 e. The Labute approximate surface area is 164 Å². The SMILES string of the molecule is CN=C(NCC1(N2CCSCC2)CCCC1)NC1CCN(CC(F)(F)F)C1. The molecule has 0 aromatic rings. The van der Waals surface area contributed by atoms with Gasteiger partial charge >= 0.3 is 6.18 Å². The van der Waals surface area contributed by atoms with Gasteiger partial charge in [-0.3, -0.25) is 14.8 Å². The third kappa shape index (κ3) is 5.90. The van der Waals surface area contributed by atoms with E-state index in [1.54, 1.807) is 7.05 Å². The lowest BCUT2D eigenvalue weighted by Crippen LogP contribution is -2.58. The van der Waals surface area contributed by atoms with Gasteiger partial charge < -0.3 is 10.6 Å². The molecule has 0 spiro atoms. The predicted molar refractivity (Wildman–Crippen MR) is 105 cm³/mol. The van der Waals surface area contributed by atoms with Crippen molar-refractivity contribution in [3.05, 3.63) is 0 Å². The van der Waals surface area contributed by atoms with Gasteiger partial charge in [0.2, 0.25) is 0 Å². The molecule has 156 valence electrons. The van der Waals surface area contributed by atoms with Gasteiger partial charge in [0.25, 0.3) is 0 Å². The molecule has 0 aromatic heterocycles. The third-order valence-electron chi connectivity index (χ3n) is 6.04. The van der Waals surface area contributed by atoms with Crippen molar-refractivity contribution in [3.8, 4) is 0 Å². The van der Waals surface area contributed by atoms with E-state index in [-0.39, 0.29) is 11.6 Å². The van der Waals surface area contributed by atoms with Crippen molar-refractivity contribution < 1.29 is 13.2 Å². The standard InChI is InChI=1S/C18H32F3N5S/c1-22-16(24-15-4-7-25(12-15)14-18(19,20)21)23-13-17(5-2-3-6-17)26-8-10-27-11-9-26/h15H,2-14H2,1H3,(H2,22,23,24). The van der Waals surface area contributed by atoms with Gasteiger partial charge in [0.15, 0.2) is 5.96 Å². The molecule has 0 bridgehead atoms. The van der Waals surface area contributed by atoms with Crippen LogP contribution in [-0.2, 0) is 0 Å². The minimum atomic E-state index is -4.13. The monoisotopic (exact) mass is 407 g/mol. The van der Waals surface area contributed by atoms with Gasteiger partial charge in [-0.1, -0.05) is 12.8 Å². The van der Waals surface area contributed by atoms with E-state index in [0.717, 1.165) is 19.6 Å². The number of thioether (sulfide) groups is 1. The Morgan fingerprint density at radius 2 is 1.89 bits per heavy atom. The highest BCUT2D eigenvalue weighted by Crippen LogP contribution is 2.36. The summed E-state index contributed by atoms with van der Waals surface area (Å²) < 4.78 is 37.7. The average molecular weight is 408 g/mol. The maximum atomic E-state index is 12.6. The van der Waals surface area contributed by atoms with Crippen LogP contribution in [0.25, 0.3) is 0 Å². The molecule has 0 amide bonds. The van der Waals surface area contributed by atoms with Crippen LogP contribution in [0.1, 0.15) is 32.1 Å². The fourth-order valence-electron chi connectivity index (χ4n) is 4.66. The van der Waals surface area contributed by atoms with Crippen LogP contribution in [0.3, 0.4) is 0 Å². The predicted octanol–water partition coefficient (Wildman–Crippen LogP) is 2.15. The van der Waals surface area contributed by atoms with Crippen LogP contribution in [0.4, 0.5) is 13.2 Å². The summed E-state index contributed by atoms with van der Waals surface area (Å²) in [4.78, 5) is 8.44. The van der Waals surface area contributed by atoms with Crippen molar-refractivity contribution in [1.82, 2.24) is 20.4 Å². The molecular weight excluding hydrogens is 375 g/mol. The van der Waals surface area contributed by atoms with E-state index in [2.05, 4.69) is 20.5 Å². The van der Waals surface area contributed by atoms with Crippen LogP contribution < -0.4 is 10.6 Å². The molecule has 2 aliphatic heterocycles. The zero-order valence-corrected chi connectivity index (χ0v) is 17.0. The Balaban J connectivity index is 1.50. The lowest BCUT2D eigenvalue weighted by molar-refractivity contribution is -0.143. The van der Waals surface area contributed by atoms with Gasteiger partial charge in [-0.05, 0) is 19.3 Å². The number of aliphatic imine (C=N–C) groups is 1. The molecule has 2 saturated heterocycles. The Bertz CT molecular complexity index is 502. The van der Waals surface area contributed by atoms with Gasteiger partial charge in [0, 0.05) is 62.9 Å². The summed E-state index contributed by atoms with van der Waals surface area (Å²) in [5, 5.41) is 6.82. The molecule has 3 rings (SSSR count). The van der Waals surface area contributed by atoms with Crippen molar-refractivity contribution >= 4 is 17.7 Å². The summed E-state index contributed by atoms with van der Waals surface area (Å²) >= 11 is 2.03. The van der Waals surface area contributed by atoms with E-state index in [1.165, 1.54) is 42.1 Å². The highest BCUT2D eigenvalue weighted by atomic mass is 32.2. The number of halogens is 3. The van der Waals surface area contributed by atoms with Gasteiger partial charge in [0.1, 0.15) is 0 Å². The van der Waals surface area contributed by atoms with E-state index >= 15 is 0 Å². The van der Waals surface area contributed by atoms with Gasteiger partial charge in [-0.2, -0.15) is 24.9 Å². The number of alkyl halides is 3. The molecule has 9 heteroatoms. The van der Waals surface area contributed by atoms with Crippen LogP contribution >= 0.6 is 11.8 Å². The molecule has 1 atom stereocenters. The normalized spacial score (nSPS) is 27.9. The lowest BCUT2D eigenvalue weighted by atomic mass is 9.94. The molecule has 0 aromatic carbocycles. The van der Waals surface area contributed by atoms with Crippen LogP contribution in [0.2, 0.25) is 0 Å². The minimum Gasteiger partial charge on any atom is -0.355 e. The molecule has 5 nitrogen and oxygen atoms in total. The number of nitrogens with one attached hydrogen (secondary N) is 2. The first-order valence-electron chi connectivity index (χ1n) is 9.99. The molecule has 3 fully saturated rings. The zero-order valence-electron chi connectivity index (χ0n) is 16.2. The summed E-state index contributed by atoms with van der Waals surface area (Å²) in [5.74, 6) is 3.11. The zero-order chi connectivity index (χ0) is 19.3. The number of hydrogen-bond donors (Lipinski definition) is 2. The number of likely N-dealkylation sites (tertiary alicyclic amines) is 1. The number of guanidine groups is 1. The van der Waals surface area contributed by atoms with Crippen molar-refractivity contribution in [2.24, 2.45) is 4.99 Å². The average Bonchev–Trinajstić information content (AvgIpc) is 3.28. The first-order chi connectivity index (χ1) is 12.9. The number of rotatable bonds is 5. The molecule has 1 saturated carbocycles. The summed E-state index contributed by atoms with van der Waals surface area (Å²) in [6.45, 7) is 3.21. The van der Waals surface area contributed by atoms with Gasteiger partial charge in [0.05, 0.1) is 6.54 Å². The van der Waals surface area contributed by atoms with Crippen molar-refractivity contribution in [2.75, 3.05) is 57.8 Å². The van der Waals surface area contributed by atoms with E-state index in [1.807, 2.05) is 11.8 Å². The Kier molecular flexibility index (Phi) is 7.19. The fourth-order valence-corrected chi connectivity index (χ4v) is 5.56. The first kappa shape index (κ1) is 21.0. The highest BCUT2D eigenvalue weighted by molar-refractivity contribution is 7.99. The molecule has 1 unspecified atom stereocenters. The van der Waals surface area contributed by atoms with E-state index in [9.17, 15) is 13.2 Å². The topological polar surface area (TPSA) is 42.9 Å². The molecule has 2 heterocycles. The Hall–Kier alpha value is -0.670. The minimum absolute atomic E-state index is 0.0180. The van der Waals surface area contributed by atoms with Gasteiger partial charge in [-0.25, -0.2) is 0 Å². The molecular formula is C18H32F3N5S. The molecule has 27 heavy (non-hydrogen) atoms. The molecule has 3 aliphatic rings. The number of nitrogens with zero attached hydrogens (tertiary/aromatic N) is 3. The Morgan fingerprint density at radius 3 is 2.52 bits per heavy atom. The maximum Gasteiger partial charge on any atom is 0.401 e. The summed E-state index contributed by atoms with van der Waals surface area (Å²) in [5.41, 5.74) is 0.205. The highest BCUT2D eigenvalue weighted by Gasteiger charge is 2.40. The van der Waals surface area contributed by atoms with Crippen LogP contribution in [0, 0.1) is 0 Å². The van der Waals surface area contributed by atoms with E-state index in [0.29, 0.717) is 25.5 Å². The van der Waals surface area contributed by atoms with Crippen molar-refractivity contribution in [3.63, 3.8) is 0 Å². The quantitative estimate of drug-likeness (QED) is 0.540. The van der Waals surface area contributed by atoms with Gasteiger partial charge in [-0.15, -0.1) is 0 Å². The number of hydrogen-bond acceptors (Lipinski definition) is 4. The fraction of sp³-hybridized carbons (Fsp3) is 0.944. The second-order valence-corrected chi connectivity index (χ2v) is 9.16. The second kappa shape index (κ2) is 9.22.